The van der Waals surface area contributed by atoms with Crippen molar-refractivity contribution in [2.75, 3.05) is 6.26 Å². The molecular weight excluding hydrogens is 263 g/mol. The minimum atomic E-state index is -0.600. The number of carbonyl (C=O) groups excluding carboxylic acids is 1. The number of thioether (sulfide) groups is 1. The van der Waals surface area contributed by atoms with Crippen molar-refractivity contribution < 1.29 is 9.18 Å². The Morgan fingerprint density at radius 3 is 2.95 bits per heavy atom. The lowest BCUT2D eigenvalue weighted by atomic mass is 10.1. The third kappa shape index (κ3) is 3.48. The molecule has 1 fully saturated rings. The molecule has 19 heavy (non-hydrogen) atoms. The van der Waals surface area contributed by atoms with Crippen LogP contribution in [0.3, 0.4) is 0 Å². The molecule has 1 aliphatic carbocycles. The fraction of sp³-hybridized carbons (Fsp3) is 0.500. The molecule has 2 rings (SSSR count). The second-order valence-corrected chi connectivity index (χ2v) is 5.94. The van der Waals surface area contributed by atoms with E-state index in [1.165, 1.54) is 18.9 Å². The monoisotopic (exact) mass is 282 g/mol. The minimum absolute atomic E-state index is 0.212. The molecule has 3 nitrogen and oxygen atoms in total. The first-order valence-corrected chi connectivity index (χ1v) is 7.75. The van der Waals surface area contributed by atoms with Crippen LogP contribution in [0.4, 0.5) is 4.39 Å². The van der Waals surface area contributed by atoms with Crippen molar-refractivity contribution in [2.45, 2.75) is 37.1 Å². The Labute approximate surface area is 117 Å². The largest absolute Gasteiger partial charge is 0.366 e. The zero-order chi connectivity index (χ0) is 13.8. The first-order valence-electron chi connectivity index (χ1n) is 6.46. The van der Waals surface area contributed by atoms with E-state index in [2.05, 4.69) is 11.6 Å². The second kappa shape index (κ2) is 6.39. The lowest BCUT2D eigenvalue weighted by Crippen LogP contribution is -2.33. The lowest BCUT2D eigenvalue weighted by molar-refractivity contribution is 0.1000. The summed E-state index contributed by atoms with van der Waals surface area (Å²) in [5.74, 6) is -0.973. The molecule has 1 aromatic carbocycles. The molecule has 0 spiro atoms. The van der Waals surface area contributed by atoms with Gasteiger partial charge in [0.05, 0.1) is 0 Å². The Balaban J connectivity index is 1.98. The second-order valence-electron chi connectivity index (χ2n) is 4.86. The van der Waals surface area contributed by atoms with E-state index < -0.39 is 5.91 Å². The van der Waals surface area contributed by atoms with E-state index in [4.69, 9.17) is 5.73 Å². The van der Waals surface area contributed by atoms with Gasteiger partial charge < -0.3 is 11.1 Å². The van der Waals surface area contributed by atoms with E-state index in [0.29, 0.717) is 23.4 Å². The van der Waals surface area contributed by atoms with E-state index in [9.17, 15) is 9.18 Å². The van der Waals surface area contributed by atoms with Crippen LogP contribution >= 0.6 is 11.8 Å². The number of rotatable bonds is 5. The maximum Gasteiger partial charge on any atom is 0.248 e. The molecule has 0 saturated heterocycles. The Hall–Kier alpha value is -1.07. The van der Waals surface area contributed by atoms with Crippen LogP contribution in [0.5, 0.6) is 0 Å². The highest BCUT2D eigenvalue weighted by molar-refractivity contribution is 7.99. The normalized spacial score (nSPS) is 22.6. The molecule has 0 aliphatic heterocycles. The highest BCUT2D eigenvalue weighted by atomic mass is 32.2. The molecule has 3 N–H and O–H groups in total. The van der Waals surface area contributed by atoms with Crippen LogP contribution in [0.1, 0.15) is 35.2 Å². The lowest BCUT2D eigenvalue weighted by Gasteiger charge is -2.19. The van der Waals surface area contributed by atoms with Crippen molar-refractivity contribution in [3.63, 3.8) is 0 Å². The zero-order valence-corrected chi connectivity index (χ0v) is 11.8. The summed E-state index contributed by atoms with van der Waals surface area (Å²) in [6.45, 7) is 0.493. The van der Waals surface area contributed by atoms with E-state index in [0.717, 1.165) is 6.42 Å². The highest BCUT2D eigenvalue weighted by Gasteiger charge is 2.25. The first kappa shape index (κ1) is 14.3. The number of primary amides is 1. The van der Waals surface area contributed by atoms with E-state index in [-0.39, 0.29) is 11.4 Å². The van der Waals surface area contributed by atoms with Gasteiger partial charge in [0.15, 0.2) is 0 Å². The first-order chi connectivity index (χ1) is 9.11. The summed E-state index contributed by atoms with van der Waals surface area (Å²) in [6, 6.07) is 4.86. The topological polar surface area (TPSA) is 55.1 Å². The molecule has 0 bridgehead atoms. The van der Waals surface area contributed by atoms with Crippen LogP contribution in [0.2, 0.25) is 0 Å². The Kier molecular flexibility index (Phi) is 4.82. The number of nitrogens with two attached hydrogens (primary N) is 1. The number of hydrogen-bond donors (Lipinski definition) is 2. The average Bonchev–Trinajstić information content (AvgIpc) is 2.84. The predicted molar refractivity (Wildman–Crippen MR) is 76.7 cm³/mol. The fourth-order valence-corrected chi connectivity index (χ4v) is 3.49. The summed E-state index contributed by atoms with van der Waals surface area (Å²) < 4.78 is 13.8. The van der Waals surface area contributed by atoms with E-state index in [1.54, 1.807) is 12.1 Å². The molecule has 1 amide bonds. The summed E-state index contributed by atoms with van der Waals surface area (Å²) in [7, 11) is 0. The van der Waals surface area contributed by atoms with Crippen molar-refractivity contribution in [2.24, 2.45) is 5.73 Å². The summed E-state index contributed by atoms with van der Waals surface area (Å²) in [5.41, 5.74) is 5.91. The zero-order valence-electron chi connectivity index (χ0n) is 11.0. The molecular formula is C14H19FN2OS. The van der Waals surface area contributed by atoms with Gasteiger partial charge in [-0.05, 0) is 31.2 Å². The molecule has 0 aromatic heterocycles. The third-order valence-electron chi connectivity index (χ3n) is 3.65. The van der Waals surface area contributed by atoms with Gasteiger partial charge in [-0.2, -0.15) is 11.8 Å². The summed E-state index contributed by atoms with van der Waals surface area (Å²) in [4.78, 5) is 11.0. The van der Waals surface area contributed by atoms with Gasteiger partial charge in [-0.1, -0.05) is 12.5 Å². The predicted octanol–water partition coefficient (Wildman–Crippen LogP) is 2.30. The average molecular weight is 282 g/mol. The maximum absolute atomic E-state index is 13.8. The SMILES string of the molecule is CSC1CCCC1NCc1ccc(C(N)=O)cc1F. The van der Waals surface area contributed by atoms with Gasteiger partial charge in [0.2, 0.25) is 5.91 Å². The number of carbonyl (C=O) groups is 1. The molecule has 1 aliphatic rings. The van der Waals surface area contributed by atoms with E-state index in [1.807, 2.05) is 11.8 Å². The highest BCUT2D eigenvalue weighted by Crippen LogP contribution is 2.28. The number of amides is 1. The van der Waals surface area contributed by atoms with Crippen molar-refractivity contribution in [1.82, 2.24) is 5.32 Å². The van der Waals surface area contributed by atoms with Gasteiger partial charge in [0.25, 0.3) is 0 Å². The Morgan fingerprint density at radius 1 is 1.53 bits per heavy atom. The maximum atomic E-state index is 13.8. The standard InChI is InChI=1S/C14H19FN2OS/c1-19-13-4-2-3-12(13)17-8-10-6-5-9(14(16)18)7-11(10)15/h5-7,12-13,17H,2-4,8H2,1H3,(H2,16,18). The van der Waals surface area contributed by atoms with Crippen LogP contribution in [-0.4, -0.2) is 23.5 Å². The van der Waals surface area contributed by atoms with Gasteiger partial charge in [-0.3, -0.25) is 4.79 Å². The molecule has 0 heterocycles. The van der Waals surface area contributed by atoms with Crippen LogP contribution < -0.4 is 11.1 Å². The summed E-state index contributed by atoms with van der Waals surface area (Å²) >= 11 is 1.87. The number of hydrogen-bond acceptors (Lipinski definition) is 3. The summed E-state index contributed by atoms with van der Waals surface area (Å²) in [5, 5.41) is 4.03. The van der Waals surface area contributed by atoms with Crippen LogP contribution in [0.15, 0.2) is 18.2 Å². The molecule has 2 atom stereocenters. The van der Waals surface area contributed by atoms with Gasteiger partial charge in [-0.25, -0.2) is 4.39 Å². The van der Waals surface area contributed by atoms with Crippen molar-refractivity contribution in [3.05, 3.63) is 35.1 Å². The molecule has 0 radical (unpaired) electrons. The molecule has 1 aromatic rings. The molecule has 1 saturated carbocycles. The summed E-state index contributed by atoms with van der Waals surface area (Å²) in [6.07, 6.45) is 5.72. The fourth-order valence-electron chi connectivity index (χ4n) is 2.53. The minimum Gasteiger partial charge on any atom is -0.366 e. The molecule has 5 heteroatoms. The third-order valence-corrected chi connectivity index (χ3v) is 4.82. The number of nitrogens with one attached hydrogen (secondary N) is 1. The van der Waals surface area contributed by atoms with Gasteiger partial charge in [0.1, 0.15) is 5.82 Å². The van der Waals surface area contributed by atoms with Crippen LogP contribution in [-0.2, 0) is 6.54 Å². The molecule has 2 unspecified atom stereocenters. The van der Waals surface area contributed by atoms with Gasteiger partial charge in [-0.15, -0.1) is 0 Å². The Morgan fingerprint density at radius 2 is 2.32 bits per heavy atom. The smallest absolute Gasteiger partial charge is 0.248 e. The van der Waals surface area contributed by atoms with Crippen LogP contribution in [0.25, 0.3) is 0 Å². The number of benzene rings is 1. The van der Waals surface area contributed by atoms with Crippen molar-refractivity contribution >= 4 is 17.7 Å². The van der Waals surface area contributed by atoms with Gasteiger partial charge in [0, 0.05) is 29.0 Å². The quantitative estimate of drug-likeness (QED) is 0.871. The van der Waals surface area contributed by atoms with E-state index >= 15 is 0 Å². The molecule has 104 valence electrons. The van der Waals surface area contributed by atoms with Crippen LogP contribution in [0, 0.1) is 5.82 Å². The van der Waals surface area contributed by atoms with Crippen molar-refractivity contribution in [1.29, 1.82) is 0 Å². The van der Waals surface area contributed by atoms with Crippen molar-refractivity contribution in [3.8, 4) is 0 Å². The Bertz CT molecular complexity index is 467. The number of halogens is 1. The van der Waals surface area contributed by atoms with Gasteiger partial charge >= 0.3 is 0 Å².